The van der Waals surface area contributed by atoms with Gasteiger partial charge in [0.1, 0.15) is 0 Å². The fourth-order valence-electron chi connectivity index (χ4n) is 0.236. The van der Waals surface area contributed by atoms with Gasteiger partial charge in [0.05, 0.1) is 13.1 Å². The summed E-state index contributed by atoms with van der Waals surface area (Å²) in [4.78, 5) is 0. The van der Waals surface area contributed by atoms with Gasteiger partial charge >= 0.3 is 0 Å². The SMILES string of the molecule is [CH2-][NH2+]CC[NH2+][CH2-]. The minimum Gasteiger partial charge on any atom is -0.474 e. The number of hydrogen-bond donors (Lipinski definition) is 2. The van der Waals surface area contributed by atoms with Gasteiger partial charge < -0.3 is 10.6 Å². The highest BCUT2D eigenvalue weighted by atomic mass is 14.9. The Labute approximate surface area is 38.9 Å². The number of quaternary nitrogens is 2. The summed E-state index contributed by atoms with van der Waals surface area (Å²) in [6.07, 6.45) is 0. The Hall–Kier alpha value is -0.0800. The molecule has 0 atom stereocenters. The van der Waals surface area contributed by atoms with Crippen molar-refractivity contribution in [1.29, 1.82) is 0 Å². The molecular weight excluding hydrogens is 76.1 g/mol. The zero-order valence-electron chi connectivity index (χ0n) is 3.98. The van der Waals surface area contributed by atoms with E-state index in [1.807, 2.05) is 10.6 Å². The second-order valence-corrected chi connectivity index (χ2v) is 1.15. The molecule has 0 rings (SSSR count). The Kier molecular flexibility index (Phi) is 4.85. The summed E-state index contributed by atoms with van der Waals surface area (Å²) in [6, 6.07) is 0. The van der Waals surface area contributed by atoms with Gasteiger partial charge in [0.15, 0.2) is 0 Å². The van der Waals surface area contributed by atoms with Gasteiger partial charge in [0.2, 0.25) is 0 Å². The zero-order chi connectivity index (χ0) is 4.83. The average Bonchev–Trinajstić information content (AvgIpc) is 1.61. The molecule has 0 spiro atoms. The fraction of sp³-hybridized carbons (Fsp3) is 0.500. The molecule has 0 aromatic rings. The Morgan fingerprint density at radius 1 is 1.00 bits per heavy atom. The van der Waals surface area contributed by atoms with Crippen molar-refractivity contribution >= 4 is 0 Å². The molecule has 0 aliphatic heterocycles. The molecule has 4 N–H and O–H groups in total. The molecule has 0 heterocycles. The highest BCUT2D eigenvalue weighted by molar-refractivity contribution is 4.10. The van der Waals surface area contributed by atoms with E-state index in [0.717, 1.165) is 13.1 Å². The van der Waals surface area contributed by atoms with Crippen LogP contribution in [0.4, 0.5) is 0 Å². The van der Waals surface area contributed by atoms with Crippen LogP contribution in [0.3, 0.4) is 0 Å². The van der Waals surface area contributed by atoms with E-state index >= 15 is 0 Å². The summed E-state index contributed by atoms with van der Waals surface area (Å²) in [6.45, 7) is 2.12. The lowest BCUT2D eigenvalue weighted by Gasteiger charge is -1.96. The largest absolute Gasteiger partial charge is 0.474 e. The van der Waals surface area contributed by atoms with E-state index in [2.05, 4.69) is 14.1 Å². The van der Waals surface area contributed by atoms with Crippen LogP contribution in [-0.4, -0.2) is 13.1 Å². The molecule has 0 bridgehead atoms. The maximum Gasteiger partial charge on any atom is 0.0992 e. The fourth-order valence-corrected chi connectivity index (χ4v) is 0.236. The Balaban J connectivity index is 2.34. The molecular formula is C4H12N2. The summed E-state index contributed by atoms with van der Waals surface area (Å²) in [7, 11) is 7.10. The predicted octanol–water partition coefficient (Wildman–Crippen LogP) is -2.30. The second-order valence-electron chi connectivity index (χ2n) is 1.15. The summed E-state index contributed by atoms with van der Waals surface area (Å²) in [5, 5.41) is 3.78. The third-order valence-corrected chi connectivity index (χ3v) is 0.575. The van der Waals surface area contributed by atoms with E-state index in [9.17, 15) is 0 Å². The molecule has 0 radical (unpaired) electrons. The lowest BCUT2D eigenvalue weighted by Crippen LogP contribution is -2.88. The summed E-state index contributed by atoms with van der Waals surface area (Å²) < 4.78 is 0. The molecule has 0 aliphatic rings. The van der Waals surface area contributed by atoms with Gasteiger partial charge in [0.25, 0.3) is 0 Å². The van der Waals surface area contributed by atoms with Crippen molar-refractivity contribution in [3.05, 3.63) is 14.1 Å². The smallest absolute Gasteiger partial charge is 0.0992 e. The first-order valence-corrected chi connectivity index (χ1v) is 2.13. The van der Waals surface area contributed by atoms with Gasteiger partial charge in [0, 0.05) is 0 Å². The van der Waals surface area contributed by atoms with Crippen LogP contribution in [0.15, 0.2) is 0 Å². The van der Waals surface area contributed by atoms with Crippen molar-refractivity contribution in [3.8, 4) is 0 Å². The Morgan fingerprint density at radius 3 is 1.50 bits per heavy atom. The first-order valence-electron chi connectivity index (χ1n) is 2.13. The Morgan fingerprint density at radius 2 is 1.33 bits per heavy atom. The minimum atomic E-state index is 1.06. The van der Waals surface area contributed by atoms with Crippen molar-refractivity contribution in [2.75, 3.05) is 13.1 Å². The Bertz CT molecular complexity index is 17.5. The topological polar surface area (TPSA) is 33.2 Å². The molecule has 0 saturated heterocycles. The highest BCUT2D eigenvalue weighted by Crippen LogP contribution is 1.23. The third-order valence-electron chi connectivity index (χ3n) is 0.575. The van der Waals surface area contributed by atoms with Crippen molar-refractivity contribution in [3.63, 3.8) is 0 Å². The molecule has 38 valence electrons. The molecule has 6 heavy (non-hydrogen) atoms. The van der Waals surface area contributed by atoms with Gasteiger partial charge in [-0.3, -0.25) is 0 Å². The summed E-state index contributed by atoms with van der Waals surface area (Å²) in [5.41, 5.74) is 0. The molecule has 0 amide bonds. The maximum atomic E-state index is 3.55. The standard InChI is InChI=1S/C4H12N2/c1-5-3-4-6-2/h1-6H2. The van der Waals surface area contributed by atoms with Crippen LogP contribution >= 0.6 is 0 Å². The summed E-state index contributed by atoms with van der Waals surface area (Å²) >= 11 is 0. The van der Waals surface area contributed by atoms with E-state index in [-0.39, 0.29) is 0 Å². The lowest BCUT2D eigenvalue weighted by atomic mass is 10.6. The van der Waals surface area contributed by atoms with E-state index in [1.54, 1.807) is 0 Å². The normalized spacial score (nSPS) is 9.00. The highest BCUT2D eigenvalue weighted by Gasteiger charge is 1.71. The lowest BCUT2D eigenvalue weighted by molar-refractivity contribution is -0.668. The van der Waals surface area contributed by atoms with Gasteiger partial charge in [-0.05, 0) is 0 Å². The van der Waals surface area contributed by atoms with Gasteiger partial charge in [-0.1, -0.05) is 0 Å². The van der Waals surface area contributed by atoms with E-state index < -0.39 is 0 Å². The second kappa shape index (κ2) is 4.92. The van der Waals surface area contributed by atoms with E-state index in [0.29, 0.717) is 0 Å². The first kappa shape index (κ1) is 5.92. The van der Waals surface area contributed by atoms with Gasteiger partial charge in [-0.15, -0.1) is 0 Å². The minimum absolute atomic E-state index is 1.06. The average molecular weight is 88.2 g/mol. The van der Waals surface area contributed by atoms with Crippen molar-refractivity contribution in [2.24, 2.45) is 0 Å². The van der Waals surface area contributed by atoms with Crippen molar-refractivity contribution < 1.29 is 10.6 Å². The van der Waals surface area contributed by atoms with Gasteiger partial charge in [-0.25, -0.2) is 0 Å². The van der Waals surface area contributed by atoms with Crippen LogP contribution in [0.2, 0.25) is 0 Å². The van der Waals surface area contributed by atoms with Crippen molar-refractivity contribution in [1.82, 2.24) is 0 Å². The third kappa shape index (κ3) is 3.92. The molecule has 0 aliphatic carbocycles. The molecule has 2 heteroatoms. The van der Waals surface area contributed by atoms with Crippen molar-refractivity contribution in [2.45, 2.75) is 0 Å². The van der Waals surface area contributed by atoms with Crippen LogP contribution in [0.25, 0.3) is 0 Å². The van der Waals surface area contributed by atoms with Crippen LogP contribution in [-0.2, 0) is 0 Å². The monoisotopic (exact) mass is 88.1 g/mol. The van der Waals surface area contributed by atoms with Crippen LogP contribution in [0.5, 0.6) is 0 Å². The maximum absolute atomic E-state index is 3.55. The molecule has 2 nitrogen and oxygen atoms in total. The van der Waals surface area contributed by atoms with E-state index in [1.165, 1.54) is 0 Å². The van der Waals surface area contributed by atoms with Crippen LogP contribution in [0, 0.1) is 14.1 Å². The molecule has 0 unspecified atom stereocenters. The quantitative estimate of drug-likeness (QED) is 0.287. The van der Waals surface area contributed by atoms with Crippen LogP contribution in [0.1, 0.15) is 0 Å². The molecule has 0 saturated carbocycles. The number of hydrogen-bond acceptors (Lipinski definition) is 0. The number of rotatable bonds is 3. The molecule has 0 aromatic carbocycles. The number of nitrogens with two attached hydrogens (primary N) is 2. The summed E-state index contributed by atoms with van der Waals surface area (Å²) in [5.74, 6) is 0. The predicted molar refractivity (Wildman–Crippen MR) is 24.3 cm³/mol. The molecule has 0 fully saturated rings. The first-order chi connectivity index (χ1) is 2.91. The van der Waals surface area contributed by atoms with E-state index in [4.69, 9.17) is 0 Å². The zero-order valence-corrected chi connectivity index (χ0v) is 3.98. The van der Waals surface area contributed by atoms with Crippen LogP contribution < -0.4 is 10.6 Å². The van der Waals surface area contributed by atoms with Gasteiger partial charge in [-0.2, -0.15) is 14.1 Å². The molecule has 0 aromatic heterocycles.